The first-order valence-corrected chi connectivity index (χ1v) is 10.2. The van der Waals surface area contributed by atoms with Crippen molar-refractivity contribution in [1.29, 1.82) is 0 Å². The van der Waals surface area contributed by atoms with Crippen LogP contribution in [0.15, 0.2) is 29.3 Å². The topological polar surface area (TPSA) is 83.0 Å². The van der Waals surface area contributed by atoms with Crippen molar-refractivity contribution < 1.29 is 26.3 Å². The number of para-hydroxylation sites is 1. The van der Waals surface area contributed by atoms with Crippen molar-refractivity contribution in [3.8, 4) is 5.75 Å². The predicted molar refractivity (Wildman–Crippen MR) is 95.9 cm³/mol. The summed E-state index contributed by atoms with van der Waals surface area (Å²) >= 11 is 0. The predicted octanol–water partition coefficient (Wildman–Crippen LogP) is 1.68. The highest BCUT2D eigenvalue weighted by Crippen LogP contribution is 2.26. The number of alkyl halides is 3. The zero-order valence-electron chi connectivity index (χ0n) is 14.9. The van der Waals surface area contributed by atoms with Gasteiger partial charge in [-0.05, 0) is 19.4 Å². The van der Waals surface area contributed by atoms with E-state index in [1.54, 1.807) is 6.07 Å². The largest absolute Gasteiger partial charge is 0.573 e. The highest BCUT2D eigenvalue weighted by molar-refractivity contribution is 7.89. The van der Waals surface area contributed by atoms with E-state index in [1.807, 2.05) is 6.92 Å². The molecule has 0 atom stereocenters. The van der Waals surface area contributed by atoms with Crippen molar-refractivity contribution in [2.45, 2.75) is 26.3 Å². The number of nitrogens with one attached hydrogen (secondary N) is 2. The number of halogens is 3. The summed E-state index contributed by atoms with van der Waals surface area (Å²) in [5.41, 5.74) is 0.286. The van der Waals surface area contributed by atoms with E-state index in [0.717, 1.165) is 0 Å². The van der Waals surface area contributed by atoms with Gasteiger partial charge in [0.1, 0.15) is 5.75 Å². The Bertz CT molecular complexity index is 754. The van der Waals surface area contributed by atoms with Crippen LogP contribution in [0, 0.1) is 0 Å². The molecule has 0 radical (unpaired) electrons. The molecule has 0 amide bonds. The first kappa shape index (κ1) is 21.3. The quantitative estimate of drug-likeness (QED) is 0.530. The van der Waals surface area contributed by atoms with Crippen molar-refractivity contribution in [3.63, 3.8) is 0 Å². The fourth-order valence-electron chi connectivity index (χ4n) is 2.61. The molecule has 1 aliphatic heterocycles. The number of guanidine groups is 1. The molecule has 27 heavy (non-hydrogen) atoms. The fourth-order valence-corrected chi connectivity index (χ4v) is 4.13. The van der Waals surface area contributed by atoms with Crippen LogP contribution >= 0.6 is 0 Å². The molecule has 1 saturated heterocycles. The third kappa shape index (κ3) is 6.90. The second-order valence-electron chi connectivity index (χ2n) is 5.85. The zero-order valence-corrected chi connectivity index (χ0v) is 15.7. The smallest absolute Gasteiger partial charge is 0.405 e. The van der Waals surface area contributed by atoms with E-state index in [1.165, 1.54) is 22.5 Å². The van der Waals surface area contributed by atoms with Gasteiger partial charge >= 0.3 is 6.36 Å². The lowest BCUT2D eigenvalue weighted by molar-refractivity contribution is -0.274. The molecule has 0 aliphatic carbocycles. The van der Waals surface area contributed by atoms with Gasteiger partial charge in [0.25, 0.3) is 0 Å². The highest BCUT2D eigenvalue weighted by atomic mass is 32.2. The summed E-state index contributed by atoms with van der Waals surface area (Å²) in [5, 5.41) is 5.97. The van der Waals surface area contributed by atoms with Crippen LogP contribution in [0.2, 0.25) is 0 Å². The molecule has 1 aliphatic rings. The number of aliphatic imine (C=N–C) groups is 1. The Morgan fingerprint density at radius 1 is 1.30 bits per heavy atom. The zero-order chi connectivity index (χ0) is 19.9. The van der Waals surface area contributed by atoms with E-state index >= 15 is 0 Å². The minimum absolute atomic E-state index is 0.0242. The van der Waals surface area contributed by atoms with Crippen LogP contribution in [-0.4, -0.2) is 57.0 Å². The van der Waals surface area contributed by atoms with E-state index in [0.29, 0.717) is 38.6 Å². The Kier molecular flexibility index (Phi) is 7.31. The average molecular weight is 408 g/mol. The first-order valence-electron chi connectivity index (χ1n) is 8.55. The van der Waals surface area contributed by atoms with Gasteiger partial charge in [-0.1, -0.05) is 18.2 Å². The second kappa shape index (κ2) is 9.27. The Hall–Kier alpha value is -2.01. The number of rotatable bonds is 7. The Morgan fingerprint density at radius 3 is 2.67 bits per heavy atom. The van der Waals surface area contributed by atoms with Crippen molar-refractivity contribution in [3.05, 3.63) is 29.8 Å². The first-order chi connectivity index (χ1) is 12.7. The molecule has 1 aromatic rings. The summed E-state index contributed by atoms with van der Waals surface area (Å²) in [5.74, 6) is 0.251. The summed E-state index contributed by atoms with van der Waals surface area (Å²) in [7, 11) is -3.17. The molecule has 0 unspecified atom stereocenters. The van der Waals surface area contributed by atoms with Gasteiger partial charge in [0.2, 0.25) is 10.0 Å². The monoisotopic (exact) mass is 408 g/mol. The minimum Gasteiger partial charge on any atom is -0.405 e. The molecule has 1 aromatic carbocycles. The van der Waals surface area contributed by atoms with Crippen LogP contribution in [0.1, 0.15) is 18.9 Å². The molecule has 1 fully saturated rings. The molecule has 2 rings (SSSR count). The van der Waals surface area contributed by atoms with Crippen LogP contribution in [0.4, 0.5) is 13.2 Å². The maximum atomic E-state index is 12.5. The number of hydrogen-bond donors (Lipinski definition) is 2. The Balaban J connectivity index is 1.97. The Morgan fingerprint density at radius 2 is 2.04 bits per heavy atom. The van der Waals surface area contributed by atoms with Crippen LogP contribution in [0.3, 0.4) is 0 Å². The van der Waals surface area contributed by atoms with Crippen molar-refractivity contribution in [1.82, 2.24) is 14.9 Å². The molecular formula is C16H23F3N4O3S. The molecule has 7 nitrogen and oxygen atoms in total. The molecule has 11 heteroatoms. The van der Waals surface area contributed by atoms with Crippen LogP contribution in [0.25, 0.3) is 0 Å². The molecule has 0 aromatic heterocycles. The highest BCUT2D eigenvalue weighted by Gasteiger charge is 2.32. The molecule has 1 heterocycles. The third-order valence-corrected chi connectivity index (χ3v) is 5.76. The second-order valence-corrected chi connectivity index (χ2v) is 7.93. The Labute approximate surface area is 156 Å². The summed E-state index contributed by atoms with van der Waals surface area (Å²) in [4.78, 5) is 4.25. The standard InChI is InChI=1S/C16H23F3N4O3S/c1-2-20-15(21-8-10-23-9-5-11-27(23,24)25)22-12-13-6-3-4-7-14(13)26-16(17,18)19/h3-4,6-7H,2,5,8-12H2,1H3,(H2,20,21,22). The van der Waals surface area contributed by atoms with Crippen LogP contribution in [-0.2, 0) is 16.6 Å². The fraction of sp³-hybridized carbons (Fsp3) is 0.562. The summed E-state index contributed by atoms with van der Waals surface area (Å²) in [6, 6.07) is 5.79. The van der Waals surface area contributed by atoms with Gasteiger partial charge in [0.05, 0.1) is 12.3 Å². The van der Waals surface area contributed by atoms with Crippen molar-refractivity contribution >= 4 is 16.0 Å². The van der Waals surface area contributed by atoms with E-state index in [9.17, 15) is 21.6 Å². The third-order valence-electron chi connectivity index (χ3n) is 3.81. The number of hydrogen-bond acceptors (Lipinski definition) is 4. The maximum absolute atomic E-state index is 12.5. The van der Waals surface area contributed by atoms with Crippen LogP contribution in [0.5, 0.6) is 5.75 Å². The molecule has 152 valence electrons. The number of nitrogens with zero attached hydrogens (tertiary/aromatic N) is 2. The van der Waals surface area contributed by atoms with Gasteiger partial charge in [-0.15, -0.1) is 13.2 Å². The molecule has 0 spiro atoms. The van der Waals surface area contributed by atoms with Gasteiger partial charge in [0, 0.05) is 31.7 Å². The SMILES string of the molecule is CCNC(=NCc1ccccc1OC(F)(F)F)NCCN1CCCS1(=O)=O. The molecule has 0 saturated carbocycles. The number of ether oxygens (including phenoxy) is 1. The number of sulfonamides is 1. The molecular weight excluding hydrogens is 385 g/mol. The van der Waals surface area contributed by atoms with Gasteiger partial charge in [-0.3, -0.25) is 0 Å². The van der Waals surface area contributed by atoms with Gasteiger partial charge in [-0.25, -0.2) is 17.7 Å². The minimum atomic E-state index is -4.77. The lowest BCUT2D eigenvalue weighted by Crippen LogP contribution is -2.42. The van der Waals surface area contributed by atoms with E-state index in [-0.39, 0.29) is 23.6 Å². The lowest BCUT2D eigenvalue weighted by atomic mass is 10.2. The van der Waals surface area contributed by atoms with Gasteiger partial charge in [0.15, 0.2) is 5.96 Å². The average Bonchev–Trinajstić information content (AvgIpc) is 2.91. The van der Waals surface area contributed by atoms with E-state index in [4.69, 9.17) is 0 Å². The van der Waals surface area contributed by atoms with Gasteiger partial charge < -0.3 is 15.4 Å². The van der Waals surface area contributed by atoms with Crippen molar-refractivity contribution in [2.24, 2.45) is 4.99 Å². The van der Waals surface area contributed by atoms with Gasteiger partial charge in [-0.2, -0.15) is 0 Å². The van der Waals surface area contributed by atoms with Crippen molar-refractivity contribution in [2.75, 3.05) is 31.9 Å². The molecule has 0 bridgehead atoms. The lowest BCUT2D eigenvalue weighted by Gasteiger charge is -2.17. The maximum Gasteiger partial charge on any atom is 0.573 e. The molecule has 2 N–H and O–H groups in total. The normalized spacial score (nSPS) is 17.7. The summed E-state index contributed by atoms with van der Waals surface area (Å²) < 4.78 is 66.4. The van der Waals surface area contributed by atoms with E-state index < -0.39 is 16.4 Å². The number of benzene rings is 1. The summed E-state index contributed by atoms with van der Waals surface area (Å²) in [6.07, 6.45) is -4.16. The van der Waals surface area contributed by atoms with E-state index in [2.05, 4.69) is 20.4 Å². The summed E-state index contributed by atoms with van der Waals surface area (Å²) in [6.45, 7) is 3.52. The van der Waals surface area contributed by atoms with Crippen LogP contribution < -0.4 is 15.4 Å².